The summed E-state index contributed by atoms with van der Waals surface area (Å²) in [6, 6.07) is 14.1. The number of ether oxygens (including phenoxy) is 3. The third-order valence-electron chi connectivity index (χ3n) is 4.49. The van der Waals surface area contributed by atoms with Crippen LogP contribution in [-0.4, -0.2) is 51.4 Å². The maximum absolute atomic E-state index is 12.3. The monoisotopic (exact) mass is 384 g/mol. The topological polar surface area (TPSA) is 77.1 Å². The molecule has 2 aromatic carbocycles. The van der Waals surface area contributed by atoms with Gasteiger partial charge >= 0.3 is 5.97 Å². The van der Waals surface area contributed by atoms with E-state index in [0.29, 0.717) is 17.0 Å². The number of anilines is 2. The van der Waals surface area contributed by atoms with E-state index in [1.807, 2.05) is 24.3 Å². The number of benzene rings is 2. The van der Waals surface area contributed by atoms with Gasteiger partial charge in [-0.2, -0.15) is 0 Å². The second-order valence-electron chi connectivity index (χ2n) is 6.41. The van der Waals surface area contributed by atoms with E-state index in [1.165, 1.54) is 0 Å². The summed E-state index contributed by atoms with van der Waals surface area (Å²) < 4.78 is 15.7. The summed E-state index contributed by atoms with van der Waals surface area (Å²) in [5, 5.41) is 2.77. The molecule has 2 aromatic rings. The number of hydrogen-bond acceptors (Lipinski definition) is 6. The molecule has 0 unspecified atom stereocenters. The van der Waals surface area contributed by atoms with Crippen molar-refractivity contribution in [3.63, 3.8) is 0 Å². The Kier molecular flexibility index (Phi) is 6.49. The van der Waals surface area contributed by atoms with Gasteiger partial charge in [-0.25, -0.2) is 4.79 Å². The van der Waals surface area contributed by atoms with Gasteiger partial charge in [0.1, 0.15) is 5.75 Å². The van der Waals surface area contributed by atoms with Crippen molar-refractivity contribution in [2.45, 2.75) is 13.0 Å². The molecule has 0 bridgehead atoms. The smallest absolute Gasteiger partial charge is 0.338 e. The number of carbonyl (C=O) groups is 2. The average molecular weight is 384 g/mol. The third kappa shape index (κ3) is 5.01. The molecule has 1 saturated heterocycles. The molecule has 1 aliphatic heterocycles. The number of carbonyl (C=O) groups excluding carboxylic acids is 2. The van der Waals surface area contributed by atoms with Gasteiger partial charge in [0.25, 0.3) is 5.91 Å². The van der Waals surface area contributed by atoms with Crippen molar-refractivity contribution >= 4 is 23.3 Å². The molecule has 1 N–H and O–H groups in total. The molecule has 0 radical (unpaired) electrons. The molecule has 1 fully saturated rings. The van der Waals surface area contributed by atoms with Crippen LogP contribution in [0, 0.1) is 0 Å². The number of amides is 1. The standard InChI is InChI=1S/C21H24N2O5/c1-15(28-21(25)16-3-9-19(26-2)10-4-16)20(24)22-17-5-7-18(8-6-17)23-11-13-27-14-12-23/h3-10,15H,11-14H2,1-2H3,(H,22,24)/t15-/m1/s1. The Morgan fingerprint density at radius 2 is 1.68 bits per heavy atom. The van der Waals surface area contributed by atoms with E-state index >= 15 is 0 Å². The third-order valence-corrected chi connectivity index (χ3v) is 4.49. The summed E-state index contributed by atoms with van der Waals surface area (Å²) in [7, 11) is 1.55. The summed E-state index contributed by atoms with van der Waals surface area (Å²) in [6.07, 6.45) is -0.923. The first kappa shape index (κ1) is 19.7. The SMILES string of the molecule is COc1ccc(C(=O)O[C@H](C)C(=O)Nc2ccc(N3CCOCC3)cc2)cc1. The van der Waals surface area contributed by atoms with Gasteiger partial charge in [0, 0.05) is 24.5 Å². The molecule has 3 rings (SSSR count). The Bertz CT molecular complexity index is 799. The van der Waals surface area contributed by atoms with Gasteiger partial charge in [-0.1, -0.05) is 0 Å². The van der Waals surface area contributed by atoms with E-state index in [1.54, 1.807) is 38.3 Å². The second kappa shape index (κ2) is 9.23. The van der Waals surface area contributed by atoms with Crippen molar-refractivity contribution in [3.05, 3.63) is 54.1 Å². The van der Waals surface area contributed by atoms with E-state index in [2.05, 4.69) is 10.2 Å². The van der Waals surface area contributed by atoms with E-state index in [0.717, 1.165) is 32.0 Å². The van der Waals surface area contributed by atoms with Gasteiger partial charge in [0.15, 0.2) is 6.10 Å². The van der Waals surface area contributed by atoms with Crippen LogP contribution in [0.5, 0.6) is 5.75 Å². The Morgan fingerprint density at radius 1 is 1.04 bits per heavy atom. The molecule has 0 saturated carbocycles. The molecular formula is C21H24N2O5. The summed E-state index contributed by atoms with van der Waals surface area (Å²) in [5.74, 6) is -0.308. The van der Waals surface area contributed by atoms with Crippen molar-refractivity contribution in [2.24, 2.45) is 0 Å². The lowest BCUT2D eigenvalue weighted by molar-refractivity contribution is -0.123. The van der Waals surface area contributed by atoms with Crippen LogP contribution in [0.4, 0.5) is 11.4 Å². The van der Waals surface area contributed by atoms with Crippen molar-refractivity contribution in [1.82, 2.24) is 0 Å². The minimum Gasteiger partial charge on any atom is -0.497 e. The molecule has 148 valence electrons. The van der Waals surface area contributed by atoms with Crippen LogP contribution < -0.4 is 15.0 Å². The average Bonchev–Trinajstić information content (AvgIpc) is 2.75. The predicted octanol–water partition coefficient (Wildman–Crippen LogP) is 2.72. The number of morpholine rings is 1. The number of hydrogen-bond donors (Lipinski definition) is 1. The quantitative estimate of drug-likeness (QED) is 0.772. The van der Waals surface area contributed by atoms with Crippen molar-refractivity contribution < 1.29 is 23.8 Å². The Labute approximate surface area is 164 Å². The number of nitrogens with one attached hydrogen (secondary N) is 1. The molecule has 0 spiro atoms. The summed E-state index contributed by atoms with van der Waals surface area (Å²) in [6.45, 7) is 4.68. The Balaban J connectivity index is 1.53. The minimum absolute atomic E-state index is 0.357. The van der Waals surface area contributed by atoms with Gasteiger partial charge in [-0.05, 0) is 55.5 Å². The normalized spacial score (nSPS) is 14.9. The molecule has 1 aliphatic rings. The lowest BCUT2D eigenvalue weighted by Gasteiger charge is -2.28. The zero-order valence-electron chi connectivity index (χ0n) is 16.0. The van der Waals surface area contributed by atoms with E-state index in [4.69, 9.17) is 14.2 Å². The largest absolute Gasteiger partial charge is 0.497 e. The molecule has 7 nitrogen and oxygen atoms in total. The van der Waals surface area contributed by atoms with Gasteiger partial charge in [0.05, 0.1) is 25.9 Å². The molecule has 1 atom stereocenters. The first-order valence-electron chi connectivity index (χ1n) is 9.15. The highest BCUT2D eigenvalue weighted by Crippen LogP contribution is 2.19. The summed E-state index contributed by atoms with van der Waals surface area (Å²) in [5.41, 5.74) is 2.09. The Morgan fingerprint density at radius 3 is 2.29 bits per heavy atom. The maximum Gasteiger partial charge on any atom is 0.338 e. The van der Waals surface area contributed by atoms with Crippen LogP contribution in [0.1, 0.15) is 17.3 Å². The van der Waals surface area contributed by atoms with Crippen LogP contribution in [0.3, 0.4) is 0 Å². The fraction of sp³-hybridized carbons (Fsp3) is 0.333. The Hall–Kier alpha value is -3.06. The molecule has 1 heterocycles. The van der Waals surface area contributed by atoms with Gasteiger partial charge in [0.2, 0.25) is 0 Å². The highest BCUT2D eigenvalue weighted by atomic mass is 16.5. The molecular weight excluding hydrogens is 360 g/mol. The lowest BCUT2D eigenvalue weighted by Crippen LogP contribution is -2.36. The molecule has 1 amide bonds. The van der Waals surface area contributed by atoms with Gasteiger partial charge in [-0.15, -0.1) is 0 Å². The zero-order chi connectivity index (χ0) is 19.9. The fourth-order valence-corrected chi connectivity index (χ4v) is 2.83. The number of esters is 1. The second-order valence-corrected chi connectivity index (χ2v) is 6.41. The minimum atomic E-state index is -0.923. The maximum atomic E-state index is 12.3. The summed E-state index contributed by atoms with van der Waals surface area (Å²) in [4.78, 5) is 26.7. The molecule has 0 aliphatic carbocycles. The predicted molar refractivity (Wildman–Crippen MR) is 106 cm³/mol. The highest BCUT2D eigenvalue weighted by molar-refractivity contribution is 5.97. The fourth-order valence-electron chi connectivity index (χ4n) is 2.83. The van der Waals surface area contributed by atoms with Crippen LogP contribution in [0.15, 0.2) is 48.5 Å². The lowest BCUT2D eigenvalue weighted by atomic mass is 10.2. The number of nitrogens with zero attached hydrogens (tertiary/aromatic N) is 1. The molecule has 0 aromatic heterocycles. The first-order valence-corrected chi connectivity index (χ1v) is 9.15. The zero-order valence-corrected chi connectivity index (χ0v) is 16.0. The molecule has 28 heavy (non-hydrogen) atoms. The van der Waals surface area contributed by atoms with Crippen LogP contribution in [-0.2, 0) is 14.3 Å². The van der Waals surface area contributed by atoms with Gasteiger partial charge < -0.3 is 24.4 Å². The first-order chi connectivity index (χ1) is 13.6. The molecule has 7 heteroatoms. The van der Waals surface area contributed by atoms with Crippen molar-refractivity contribution in [1.29, 1.82) is 0 Å². The number of rotatable bonds is 6. The van der Waals surface area contributed by atoms with Crippen LogP contribution in [0.2, 0.25) is 0 Å². The van der Waals surface area contributed by atoms with E-state index < -0.39 is 12.1 Å². The van der Waals surface area contributed by atoms with E-state index in [9.17, 15) is 9.59 Å². The van der Waals surface area contributed by atoms with Crippen LogP contribution in [0.25, 0.3) is 0 Å². The van der Waals surface area contributed by atoms with Crippen molar-refractivity contribution in [2.75, 3.05) is 43.6 Å². The van der Waals surface area contributed by atoms with Crippen molar-refractivity contribution in [3.8, 4) is 5.75 Å². The number of methoxy groups -OCH3 is 1. The summed E-state index contributed by atoms with van der Waals surface area (Å²) >= 11 is 0. The highest BCUT2D eigenvalue weighted by Gasteiger charge is 2.19. The van der Waals surface area contributed by atoms with Crippen LogP contribution >= 0.6 is 0 Å². The van der Waals surface area contributed by atoms with Gasteiger partial charge in [-0.3, -0.25) is 4.79 Å². The van der Waals surface area contributed by atoms with E-state index in [-0.39, 0.29) is 5.91 Å².